The second-order valence-corrected chi connectivity index (χ2v) is 8.40. The van der Waals surface area contributed by atoms with Gasteiger partial charge in [-0.15, -0.1) is 0 Å². The quantitative estimate of drug-likeness (QED) is 0.544. The molecule has 0 bridgehead atoms. The highest BCUT2D eigenvalue weighted by Gasteiger charge is 2.32. The predicted molar refractivity (Wildman–Crippen MR) is 117 cm³/mol. The molecule has 1 heterocycles. The molecule has 6 nitrogen and oxygen atoms in total. The van der Waals surface area contributed by atoms with Crippen LogP contribution >= 0.6 is 0 Å². The summed E-state index contributed by atoms with van der Waals surface area (Å²) in [6.07, 6.45) is 5.67. The maximum Gasteiger partial charge on any atom is 0.225 e. The minimum atomic E-state index is 0.157. The van der Waals surface area contributed by atoms with Crippen molar-refractivity contribution in [3.63, 3.8) is 0 Å². The minimum absolute atomic E-state index is 0.157. The second-order valence-electron chi connectivity index (χ2n) is 8.40. The average molecular weight is 401 g/mol. The van der Waals surface area contributed by atoms with Crippen LogP contribution in [0.15, 0.2) is 29.3 Å². The summed E-state index contributed by atoms with van der Waals surface area (Å²) < 4.78 is 5.78. The first kappa shape index (κ1) is 21.5. The van der Waals surface area contributed by atoms with Gasteiger partial charge in [0.2, 0.25) is 5.91 Å². The first-order valence-electron chi connectivity index (χ1n) is 11.1. The first-order valence-corrected chi connectivity index (χ1v) is 11.1. The zero-order valence-corrected chi connectivity index (χ0v) is 18.1. The van der Waals surface area contributed by atoms with Crippen LogP contribution in [-0.2, 0) is 11.3 Å². The Hall–Kier alpha value is -2.24. The Morgan fingerprint density at radius 3 is 2.79 bits per heavy atom. The van der Waals surface area contributed by atoms with Crippen LogP contribution in [0.25, 0.3) is 0 Å². The largest absolute Gasteiger partial charge is 0.491 e. The monoisotopic (exact) mass is 400 g/mol. The summed E-state index contributed by atoms with van der Waals surface area (Å²) in [4.78, 5) is 19.5. The molecule has 2 fully saturated rings. The Balaban J connectivity index is 1.55. The van der Waals surface area contributed by atoms with E-state index in [9.17, 15) is 4.79 Å². The van der Waals surface area contributed by atoms with Crippen molar-refractivity contribution in [2.45, 2.75) is 71.6 Å². The summed E-state index contributed by atoms with van der Waals surface area (Å²) in [5, 5.41) is 6.85. The van der Waals surface area contributed by atoms with Crippen molar-refractivity contribution in [2.24, 2.45) is 10.9 Å². The molecular weight excluding hydrogens is 364 g/mol. The van der Waals surface area contributed by atoms with E-state index in [4.69, 9.17) is 9.73 Å². The fourth-order valence-corrected chi connectivity index (χ4v) is 4.18. The number of hydrogen-bond donors (Lipinski definition) is 2. The number of carbonyl (C=O) groups is 1. The summed E-state index contributed by atoms with van der Waals surface area (Å²) in [5.74, 6) is 2.30. The van der Waals surface area contributed by atoms with Gasteiger partial charge in [0.15, 0.2) is 5.96 Å². The van der Waals surface area contributed by atoms with E-state index in [1.165, 1.54) is 12.8 Å². The van der Waals surface area contributed by atoms with Gasteiger partial charge in [0.05, 0.1) is 12.6 Å². The topological polar surface area (TPSA) is 66.0 Å². The number of guanidine groups is 1. The maximum atomic E-state index is 12.7. The van der Waals surface area contributed by atoms with E-state index in [0.29, 0.717) is 12.5 Å². The van der Waals surface area contributed by atoms with Crippen LogP contribution in [0, 0.1) is 5.92 Å². The number of nitrogens with one attached hydrogen (secondary N) is 2. The van der Waals surface area contributed by atoms with Crippen molar-refractivity contribution >= 4 is 11.9 Å². The standard InChI is InChI=1S/C23H36N4O2/c1-4-24-23(25-15-18-8-7-11-21(14-18)29-17(2)3)26-20-12-13-27(16-20)22(28)19-9-5-6-10-19/h7-8,11,14,17,19-20H,4-6,9-10,12-13,15-16H2,1-3H3,(H2,24,25,26). The molecule has 1 aromatic carbocycles. The lowest BCUT2D eigenvalue weighted by atomic mass is 10.1. The number of amides is 1. The third-order valence-electron chi connectivity index (χ3n) is 5.58. The number of hydrogen-bond acceptors (Lipinski definition) is 3. The molecule has 1 unspecified atom stereocenters. The average Bonchev–Trinajstić information content (AvgIpc) is 3.38. The molecule has 1 saturated heterocycles. The van der Waals surface area contributed by atoms with Gasteiger partial charge in [-0.25, -0.2) is 4.99 Å². The maximum absolute atomic E-state index is 12.7. The number of carbonyl (C=O) groups excluding carboxylic acids is 1. The molecule has 0 spiro atoms. The Kier molecular flexibility index (Phi) is 7.78. The molecule has 0 aromatic heterocycles. The molecule has 29 heavy (non-hydrogen) atoms. The molecule has 1 aliphatic carbocycles. The summed E-state index contributed by atoms with van der Waals surface area (Å²) >= 11 is 0. The predicted octanol–water partition coefficient (Wildman–Crippen LogP) is 3.32. The van der Waals surface area contributed by atoms with Crippen LogP contribution in [0.5, 0.6) is 5.75 Å². The van der Waals surface area contributed by atoms with Crippen LogP contribution in [0.1, 0.15) is 58.4 Å². The highest BCUT2D eigenvalue weighted by molar-refractivity contribution is 5.81. The summed E-state index contributed by atoms with van der Waals surface area (Å²) in [6, 6.07) is 8.36. The minimum Gasteiger partial charge on any atom is -0.491 e. The number of nitrogens with zero attached hydrogens (tertiary/aromatic N) is 2. The van der Waals surface area contributed by atoms with Gasteiger partial charge < -0.3 is 20.3 Å². The lowest BCUT2D eigenvalue weighted by Crippen LogP contribution is -2.45. The Morgan fingerprint density at radius 2 is 2.07 bits per heavy atom. The number of likely N-dealkylation sites (tertiary alicyclic amines) is 1. The molecule has 3 rings (SSSR count). The van der Waals surface area contributed by atoms with Gasteiger partial charge in [0.25, 0.3) is 0 Å². The third kappa shape index (κ3) is 6.38. The van der Waals surface area contributed by atoms with E-state index < -0.39 is 0 Å². The van der Waals surface area contributed by atoms with Crippen LogP contribution < -0.4 is 15.4 Å². The molecule has 1 atom stereocenters. The van der Waals surface area contributed by atoms with E-state index in [1.807, 2.05) is 36.9 Å². The number of rotatable bonds is 7. The SMILES string of the molecule is CCNC(=NCc1cccc(OC(C)C)c1)NC1CCN(C(=O)C2CCCC2)C1. The second kappa shape index (κ2) is 10.5. The lowest BCUT2D eigenvalue weighted by molar-refractivity contribution is -0.134. The van der Waals surface area contributed by atoms with Crippen molar-refractivity contribution in [2.75, 3.05) is 19.6 Å². The number of ether oxygens (including phenoxy) is 1. The van der Waals surface area contributed by atoms with Gasteiger partial charge in [-0.3, -0.25) is 4.79 Å². The van der Waals surface area contributed by atoms with E-state index in [1.54, 1.807) is 0 Å². The van der Waals surface area contributed by atoms with Gasteiger partial charge in [0.1, 0.15) is 5.75 Å². The van der Waals surface area contributed by atoms with E-state index in [0.717, 1.165) is 56.2 Å². The highest BCUT2D eigenvalue weighted by Crippen LogP contribution is 2.27. The van der Waals surface area contributed by atoms with Gasteiger partial charge in [0, 0.05) is 31.6 Å². The van der Waals surface area contributed by atoms with E-state index in [-0.39, 0.29) is 18.1 Å². The number of benzene rings is 1. The Morgan fingerprint density at radius 1 is 1.28 bits per heavy atom. The lowest BCUT2D eigenvalue weighted by Gasteiger charge is -2.21. The van der Waals surface area contributed by atoms with E-state index >= 15 is 0 Å². The van der Waals surface area contributed by atoms with Crippen LogP contribution in [0.2, 0.25) is 0 Å². The van der Waals surface area contributed by atoms with Crippen molar-refractivity contribution in [1.82, 2.24) is 15.5 Å². The zero-order valence-electron chi connectivity index (χ0n) is 18.1. The molecule has 1 aromatic rings. The Bertz CT molecular complexity index is 698. The molecule has 1 amide bonds. The van der Waals surface area contributed by atoms with Gasteiger partial charge >= 0.3 is 0 Å². The molecule has 2 N–H and O–H groups in total. The molecule has 160 valence electrons. The first-order chi connectivity index (χ1) is 14.0. The van der Waals surface area contributed by atoms with Crippen LogP contribution in [0.4, 0.5) is 0 Å². The number of aliphatic imine (C=N–C) groups is 1. The van der Waals surface area contributed by atoms with Crippen LogP contribution in [-0.4, -0.2) is 48.5 Å². The van der Waals surface area contributed by atoms with Gasteiger partial charge in [-0.1, -0.05) is 25.0 Å². The summed E-state index contributed by atoms with van der Waals surface area (Å²) in [7, 11) is 0. The zero-order chi connectivity index (χ0) is 20.6. The molecule has 6 heteroatoms. The molecule has 1 aliphatic heterocycles. The summed E-state index contributed by atoms with van der Waals surface area (Å²) in [5.41, 5.74) is 1.12. The molecule has 2 aliphatic rings. The Labute approximate surface area is 175 Å². The van der Waals surface area contributed by atoms with Gasteiger partial charge in [-0.2, -0.15) is 0 Å². The molecule has 0 radical (unpaired) electrons. The van der Waals surface area contributed by atoms with Crippen molar-refractivity contribution in [3.05, 3.63) is 29.8 Å². The van der Waals surface area contributed by atoms with Crippen molar-refractivity contribution < 1.29 is 9.53 Å². The smallest absolute Gasteiger partial charge is 0.225 e. The van der Waals surface area contributed by atoms with Crippen molar-refractivity contribution in [3.8, 4) is 5.75 Å². The summed E-state index contributed by atoms with van der Waals surface area (Å²) in [6.45, 7) is 9.14. The molecular formula is C23H36N4O2. The fraction of sp³-hybridized carbons (Fsp3) is 0.652. The molecule has 1 saturated carbocycles. The van der Waals surface area contributed by atoms with Crippen molar-refractivity contribution in [1.29, 1.82) is 0 Å². The fourth-order valence-electron chi connectivity index (χ4n) is 4.18. The normalized spacial score (nSPS) is 20.3. The highest BCUT2D eigenvalue weighted by atomic mass is 16.5. The van der Waals surface area contributed by atoms with E-state index in [2.05, 4.69) is 23.6 Å². The van der Waals surface area contributed by atoms with Gasteiger partial charge in [-0.05, 0) is 57.7 Å². The van der Waals surface area contributed by atoms with Crippen LogP contribution in [0.3, 0.4) is 0 Å². The third-order valence-corrected chi connectivity index (χ3v) is 5.58.